The van der Waals surface area contributed by atoms with Crippen LogP contribution in [0.4, 0.5) is 0 Å². The molecular weight excluding hydrogens is 653 g/mol. The zero-order valence-corrected chi connectivity index (χ0v) is 35.9. The van der Waals surface area contributed by atoms with Gasteiger partial charge in [0.1, 0.15) is 23.0 Å². The third-order valence-corrected chi connectivity index (χ3v) is 10.3. The molecular formula is C49H70O4. The lowest BCUT2D eigenvalue weighted by molar-refractivity contribution is 0.434. The summed E-state index contributed by atoms with van der Waals surface area (Å²) in [5, 5.41) is 43.5. The Hall–Kier alpha value is -3.92. The molecule has 0 aliphatic rings. The fraction of sp³-hybridized carbons (Fsp3) is 0.510. The number of hydrogen-bond acceptors (Lipinski definition) is 4. The molecule has 0 radical (unpaired) electrons. The first kappa shape index (κ1) is 43.5. The quantitative estimate of drug-likeness (QED) is 0.153. The van der Waals surface area contributed by atoms with E-state index in [9.17, 15) is 20.4 Å². The Bertz CT molecular complexity index is 1760. The zero-order chi connectivity index (χ0) is 40.4. The third-order valence-electron chi connectivity index (χ3n) is 10.3. The molecule has 0 atom stereocenters. The number of phenols is 4. The van der Waals surface area contributed by atoms with Crippen molar-refractivity contribution in [3.05, 3.63) is 115 Å². The van der Waals surface area contributed by atoms with E-state index in [1.165, 1.54) is 11.1 Å². The Morgan fingerprint density at radius 2 is 0.642 bits per heavy atom. The van der Waals surface area contributed by atoms with Crippen LogP contribution in [0, 0.1) is 13.8 Å². The Labute approximate surface area is 322 Å². The molecule has 4 nitrogen and oxygen atoms in total. The number of aryl methyl sites for hydroxylation is 6. The normalized spacial score (nSPS) is 12.5. The number of hydrogen-bond donors (Lipinski definition) is 4. The Balaban J connectivity index is 0.000000286. The summed E-state index contributed by atoms with van der Waals surface area (Å²) in [5.41, 5.74) is 11.9. The maximum absolute atomic E-state index is 11.0. The van der Waals surface area contributed by atoms with E-state index in [2.05, 4.69) is 159 Å². The monoisotopic (exact) mass is 723 g/mol. The minimum absolute atomic E-state index is 0.101. The highest BCUT2D eigenvalue weighted by Crippen LogP contribution is 2.41. The van der Waals surface area contributed by atoms with E-state index in [1.807, 2.05) is 0 Å². The van der Waals surface area contributed by atoms with Gasteiger partial charge in [-0.05, 0) is 117 Å². The minimum Gasteiger partial charge on any atom is -0.507 e. The predicted octanol–water partition coefficient (Wildman–Crippen LogP) is 12.5. The van der Waals surface area contributed by atoms with Gasteiger partial charge < -0.3 is 20.4 Å². The molecule has 0 saturated heterocycles. The van der Waals surface area contributed by atoms with Crippen LogP contribution in [0.25, 0.3) is 0 Å². The molecule has 0 aromatic heterocycles. The van der Waals surface area contributed by atoms with Gasteiger partial charge in [-0.2, -0.15) is 0 Å². The van der Waals surface area contributed by atoms with Crippen molar-refractivity contribution in [2.45, 2.75) is 165 Å². The van der Waals surface area contributed by atoms with Crippen LogP contribution in [0.15, 0.2) is 48.5 Å². The van der Waals surface area contributed by atoms with Crippen LogP contribution in [0.1, 0.15) is 164 Å². The van der Waals surface area contributed by atoms with E-state index in [1.54, 1.807) is 0 Å². The maximum atomic E-state index is 11.0. The first-order valence-corrected chi connectivity index (χ1v) is 19.5. The summed E-state index contributed by atoms with van der Waals surface area (Å²) in [6, 6.07) is 16.6. The molecule has 0 aliphatic heterocycles. The van der Waals surface area contributed by atoms with Crippen molar-refractivity contribution < 1.29 is 20.4 Å². The lowest BCUT2D eigenvalue weighted by atomic mass is 9.81. The molecule has 290 valence electrons. The van der Waals surface area contributed by atoms with Gasteiger partial charge in [0, 0.05) is 6.42 Å². The average molecular weight is 723 g/mol. The van der Waals surface area contributed by atoms with Crippen LogP contribution in [-0.4, -0.2) is 20.4 Å². The molecule has 0 saturated carbocycles. The molecule has 0 aliphatic carbocycles. The van der Waals surface area contributed by atoms with Gasteiger partial charge in [-0.3, -0.25) is 0 Å². The number of phenolic OH excluding ortho intramolecular Hbond substituents is 4. The van der Waals surface area contributed by atoms with Crippen molar-refractivity contribution in [2.75, 3.05) is 0 Å². The van der Waals surface area contributed by atoms with Crippen LogP contribution in [0.2, 0.25) is 0 Å². The molecule has 4 aromatic rings. The smallest absolute Gasteiger partial charge is 0.122 e. The molecule has 53 heavy (non-hydrogen) atoms. The molecule has 4 rings (SSSR count). The summed E-state index contributed by atoms with van der Waals surface area (Å²) in [4.78, 5) is 0. The lowest BCUT2D eigenvalue weighted by Crippen LogP contribution is -2.14. The van der Waals surface area contributed by atoms with E-state index in [0.29, 0.717) is 42.3 Å². The number of benzene rings is 4. The van der Waals surface area contributed by atoms with Crippen molar-refractivity contribution in [2.24, 2.45) is 0 Å². The van der Waals surface area contributed by atoms with E-state index in [0.717, 1.165) is 68.5 Å². The SMILES string of the molecule is CCc1cc(Cc2cc(CC)cc(C(C)(C)C)c2O)c(O)c(C(C)(C)C)c1.Cc1cc(CCc2cc(C)cc(C(C)(C)C)c2O)c(O)c(C(C)(C)C)c1. The summed E-state index contributed by atoms with van der Waals surface area (Å²) in [7, 11) is 0. The predicted molar refractivity (Wildman–Crippen MR) is 226 cm³/mol. The van der Waals surface area contributed by atoms with Gasteiger partial charge in [0.2, 0.25) is 0 Å². The molecule has 4 aromatic carbocycles. The van der Waals surface area contributed by atoms with Gasteiger partial charge in [0.25, 0.3) is 0 Å². The summed E-state index contributed by atoms with van der Waals surface area (Å²) in [6.45, 7) is 33.9. The fourth-order valence-electron chi connectivity index (χ4n) is 7.05. The van der Waals surface area contributed by atoms with Crippen molar-refractivity contribution in [3.8, 4) is 23.0 Å². The Morgan fingerprint density at radius 3 is 0.906 bits per heavy atom. The second-order valence-corrected chi connectivity index (χ2v) is 19.3. The molecule has 4 heteroatoms. The standard InChI is InChI=1S/C25H36O2.C24H34O2/c1-9-16-11-18(22(26)20(13-16)24(3,4)5)15-19-12-17(10-2)14-21(23(19)27)25(6,7)8;1-15-11-17(21(25)19(13-15)23(3,4)5)9-10-18-12-16(2)14-20(22(18)26)24(6,7)8/h11-14,26-27H,9-10,15H2,1-8H3;11-14,25-26H,9-10H2,1-8H3. The second-order valence-electron chi connectivity index (χ2n) is 19.3. The van der Waals surface area contributed by atoms with E-state index in [-0.39, 0.29) is 21.7 Å². The highest BCUT2D eigenvalue weighted by atomic mass is 16.3. The first-order chi connectivity index (χ1) is 24.2. The van der Waals surface area contributed by atoms with Crippen molar-refractivity contribution in [1.82, 2.24) is 0 Å². The number of rotatable bonds is 7. The van der Waals surface area contributed by atoms with Gasteiger partial charge in [0.05, 0.1) is 0 Å². The van der Waals surface area contributed by atoms with Gasteiger partial charge >= 0.3 is 0 Å². The van der Waals surface area contributed by atoms with Gasteiger partial charge in [0.15, 0.2) is 0 Å². The first-order valence-electron chi connectivity index (χ1n) is 19.5. The molecule has 0 bridgehead atoms. The van der Waals surface area contributed by atoms with Crippen LogP contribution in [-0.2, 0) is 53.8 Å². The highest BCUT2D eigenvalue weighted by molar-refractivity contribution is 5.54. The van der Waals surface area contributed by atoms with Gasteiger partial charge in [-0.25, -0.2) is 0 Å². The highest BCUT2D eigenvalue weighted by Gasteiger charge is 2.26. The molecule has 0 heterocycles. The van der Waals surface area contributed by atoms with E-state index in [4.69, 9.17) is 0 Å². The third kappa shape index (κ3) is 10.8. The second kappa shape index (κ2) is 16.2. The largest absolute Gasteiger partial charge is 0.507 e. The van der Waals surface area contributed by atoms with Crippen molar-refractivity contribution >= 4 is 0 Å². The molecule has 0 spiro atoms. The summed E-state index contributed by atoms with van der Waals surface area (Å²) in [5.74, 6) is 1.51. The number of aromatic hydroxyl groups is 4. The lowest BCUT2D eigenvalue weighted by Gasteiger charge is -2.25. The summed E-state index contributed by atoms with van der Waals surface area (Å²) < 4.78 is 0. The van der Waals surface area contributed by atoms with Crippen LogP contribution >= 0.6 is 0 Å². The Morgan fingerprint density at radius 1 is 0.377 bits per heavy atom. The van der Waals surface area contributed by atoms with Crippen LogP contribution < -0.4 is 0 Å². The van der Waals surface area contributed by atoms with Crippen molar-refractivity contribution in [3.63, 3.8) is 0 Å². The van der Waals surface area contributed by atoms with E-state index < -0.39 is 0 Å². The maximum Gasteiger partial charge on any atom is 0.122 e. The van der Waals surface area contributed by atoms with Crippen molar-refractivity contribution in [1.29, 1.82) is 0 Å². The average Bonchev–Trinajstić information content (AvgIpc) is 3.02. The summed E-state index contributed by atoms with van der Waals surface area (Å²) in [6.07, 6.45) is 3.79. The summed E-state index contributed by atoms with van der Waals surface area (Å²) >= 11 is 0. The minimum atomic E-state index is -0.131. The van der Waals surface area contributed by atoms with Crippen LogP contribution in [0.3, 0.4) is 0 Å². The zero-order valence-electron chi connectivity index (χ0n) is 35.9. The molecule has 4 N–H and O–H groups in total. The molecule has 0 fully saturated rings. The van der Waals surface area contributed by atoms with Gasteiger partial charge in [-0.1, -0.05) is 157 Å². The topological polar surface area (TPSA) is 80.9 Å². The fourth-order valence-corrected chi connectivity index (χ4v) is 7.05. The molecule has 0 unspecified atom stereocenters. The van der Waals surface area contributed by atoms with Gasteiger partial charge in [-0.15, -0.1) is 0 Å². The van der Waals surface area contributed by atoms with Crippen LogP contribution in [0.5, 0.6) is 23.0 Å². The Kier molecular flexibility index (Phi) is 13.3. The van der Waals surface area contributed by atoms with E-state index >= 15 is 0 Å². The molecule has 0 amide bonds.